The number of alkyl halides is 2. The Balaban J connectivity index is 1.53. The van der Waals surface area contributed by atoms with Gasteiger partial charge in [0.25, 0.3) is 6.43 Å². The maximum Gasteiger partial charge on any atom is 0.407 e. The molecule has 2 atom stereocenters. The fourth-order valence-corrected chi connectivity index (χ4v) is 3.14. The molecule has 4 rings (SSSR count). The lowest BCUT2D eigenvalue weighted by Gasteiger charge is -2.11. The number of cyclic esters (lactones) is 1. The monoisotopic (exact) mass is 415 g/mol. The van der Waals surface area contributed by atoms with Crippen LogP contribution < -0.4 is 10.6 Å². The summed E-state index contributed by atoms with van der Waals surface area (Å²) in [5.74, 6) is 0.0811. The molecule has 11 heteroatoms. The van der Waals surface area contributed by atoms with Crippen LogP contribution in [-0.4, -0.2) is 43.2 Å². The number of aromatic nitrogens is 5. The topological polar surface area (TPSA) is 107 Å². The molecule has 0 radical (unpaired) electrons. The Morgan fingerprint density at radius 1 is 1.33 bits per heavy atom. The van der Waals surface area contributed by atoms with Crippen LogP contribution in [0.5, 0.6) is 0 Å². The molecule has 9 nitrogen and oxygen atoms in total. The SMILES string of the molecule is Cc1cc(Nc2nccc(C(F)F)n2)cc(-c2cn(C[C@@H]3OC(=O)N[C@H]3C)nn2)c1. The average molecular weight is 415 g/mol. The van der Waals surface area contributed by atoms with Gasteiger partial charge in [0.2, 0.25) is 5.95 Å². The van der Waals surface area contributed by atoms with Gasteiger partial charge in [-0.25, -0.2) is 28.2 Å². The smallest absolute Gasteiger partial charge is 0.407 e. The molecule has 0 unspecified atom stereocenters. The highest BCUT2D eigenvalue weighted by Gasteiger charge is 2.31. The van der Waals surface area contributed by atoms with Gasteiger partial charge in [-0.2, -0.15) is 0 Å². The van der Waals surface area contributed by atoms with Gasteiger partial charge in [-0.3, -0.25) is 0 Å². The van der Waals surface area contributed by atoms with E-state index in [0.29, 0.717) is 17.9 Å². The van der Waals surface area contributed by atoms with Gasteiger partial charge in [-0.1, -0.05) is 5.21 Å². The summed E-state index contributed by atoms with van der Waals surface area (Å²) < 4.78 is 32.5. The Hall–Kier alpha value is -3.63. The zero-order chi connectivity index (χ0) is 21.3. The zero-order valence-corrected chi connectivity index (χ0v) is 16.2. The van der Waals surface area contributed by atoms with Crippen LogP contribution in [0.15, 0.2) is 36.7 Å². The van der Waals surface area contributed by atoms with Gasteiger partial charge < -0.3 is 15.4 Å². The van der Waals surface area contributed by atoms with E-state index in [1.54, 1.807) is 16.9 Å². The van der Waals surface area contributed by atoms with Crippen molar-refractivity contribution in [2.45, 2.75) is 39.0 Å². The first-order valence-corrected chi connectivity index (χ1v) is 9.25. The molecule has 30 heavy (non-hydrogen) atoms. The van der Waals surface area contributed by atoms with Gasteiger partial charge >= 0.3 is 6.09 Å². The first-order valence-electron chi connectivity index (χ1n) is 9.25. The van der Waals surface area contributed by atoms with E-state index in [1.165, 1.54) is 12.3 Å². The standard InChI is InChI=1S/C19H19F2N7O2/c1-10-5-12(7-13(6-10)24-18-22-4-3-14(25-18)17(20)21)15-8-28(27-26-15)9-16-11(2)23-19(29)30-16/h3-8,11,16-17H,9H2,1-2H3,(H,23,29)(H,22,24,25)/t11-,16-/m0/s1. The second kappa shape index (κ2) is 8.01. The third kappa shape index (κ3) is 4.34. The summed E-state index contributed by atoms with van der Waals surface area (Å²) in [5.41, 5.74) is 2.61. The van der Waals surface area contributed by atoms with E-state index in [4.69, 9.17) is 4.74 Å². The molecule has 1 aliphatic rings. The average Bonchev–Trinajstić information content (AvgIpc) is 3.28. The fourth-order valence-electron chi connectivity index (χ4n) is 3.14. The number of ether oxygens (including phenoxy) is 1. The highest BCUT2D eigenvalue weighted by Crippen LogP contribution is 2.25. The Morgan fingerprint density at radius 2 is 2.17 bits per heavy atom. The molecule has 0 spiro atoms. The first kappa shape index (κ1) is 19.7. The van der Waals surface area contributed by atoms with Crippen molar-refractivity contribution in [3.05, 3.63) is 47.9 Å². The van der Waals surface area contributed by atoms with E-state index < -0.39 is 12.5 Å². The van der Waals surface area contributed by atoms with Crippen molar-refractivity contribution >= 4 is 17.7 Å². The number of hydrogen-bond acceptors (Lipinski definition) is 7. The first-order chi connectivity index (χ1) is 14.4. The Morgan fingerprint density at radius 3 is 2.90 bits per heavy atom. The van der Waals surface area contributed by atoms with Gasteiger partial charge in [0.05, 0.1) is 18.8 Å². The number of benzene rings is 1. The van der Waals surface area contributed by atoms with Crippen molar-refractivity contribution in [2.24, 2.45) is 0 Å². The summed E-state index contributed by atoms with van der Waals surface area (Å²) in [6.07, 6.45) is -0.411. The van der Waals surface area contributed by atoms with Gasteiger partial charge in [0.15, 0.2) is 0 Å². The lowest BCUT2D eigenvalue weighted by atomic mass is 10.1. The predicted molar refractivity (Wildman–Crippen MR) is 103 cm³/mol. The van der Waals surface area contributed by atoms with E-state index in [0.717, 1.165) is 11.1 Å². The molecule has 1 fully saturated rings. The molecule has 1 saturated heterocycles. The number of anilines is 2. The van der Waals surface area contributed by atoms with Crippen molar-refractivity contribution < 1.29 is 18.3 Å². The minimum Gasteiger partial charge on any atom is -0.442 e. The lowest BCUT2D eigenvalue weighted by Crippen LogP contribution is -2.31. The number of halogens is 2. The highest BCUT2D eigenvalue weighted by atomic mass is 19.3. The minimum absolute atomic E-state index is 0.0811. The van der Waals surface area contributed by atoms with Crippen LogP contribution in [0.25, 0.3) is 11.3 Å². The molecule has 2 N–H and O–H groups in total. The van der Waals surface area contributed by atoms with Crippen LogP contribution in [0.3, 0.4) is 0 Å². The number of carbonyl (C=O) groups excluding carboxylic acids is 1. The Kier molecular flexibility index (Phi) is 5.25. The van der Waals surface area contributed by atoms with Crippen LogP contribution in [-0.2, 0) is 11.3 Å². The van der Waals surface area contributed by atoms with Crippen molar-refractivity contribution in [3.8, 4) is 11.3 Å². The minimum atomic E-state index is -2.67. The largest absolute Gasteiger partial charge is 0.442 e. The zero-order valence-electron chi connectivity index (χ0n) is 16.2. The quantitative estimate of drug-likeness (QED) is 0.637. The van der Waals surface area contributed by atoms with Crippen LogP contribution in [0.4, 0.5) is 25.2 Å². The number of nitrogens with one attached hydrogen (secondary N) is 2. The molecule has 156 valence electrons. The molecule has 3 heterocycles. The number of carbonyl (C=O) groups is 1. The van der Waals surface area contributed by atoms with Gasteiger partial charge in [-0.15, -0.1) is 5.10 Å². The second-order valence-electron chi connectivity index (χ2n) is 7.02. The molecule has 1 aromatic carbocycles. The normalized spacial score (nSPS) is 18.4. The predicted octanol–water partition coefficient (Wildman–Crippen LogP) is 3.22. The molecular weight excluding hydrogens is 396 g/mol. The maximum absolute atomic E-state index is 12.9. The number of alkyl carbamates (subject to hydrolysis) is 1. The number of rotatable bonds is 6. The number of aryl methyl sites for hydroxylation is 1. The van der Waals surface area contributed by atoms with Gasteiger partial charge in [0.1, 0.15) is 17.5 Å². The fraction of sp³-hybridized carbons (Fsp3) is 0.316. The van der Waals surface area contributed by atoms with Crippen molar-refractivity contribution in [3.63, 3.8) is 0 Å². The third-order valence-electron chi connectivity index (χ3n) is 4.60. The number of nitrogens with zero attached hydrogens (tertiary/aromatic N) is 5. The lowest BCUT2D eigenvalue weighted by molar-refractivity contribution is 0.119. The van der Waals surface area contributed by atoms with Crippen LogP contribution in [0.2, 0.25) is 0 Å². The van der Waals surface area contributed by atoms with Crippen molar-refractivity contribution in [1.82, 2.24) is 30.3 Å². The molecule has 0 bridgehead atoms. The molecule has 2 aromatic heterocycles. The van der Waals surface area contributed by atoms with Crippen molar-refractivity contribution in [1.29, 1.82) is 0 Å². The van der Waals surface area contributed by atoms with E-state index in [1.807, 2.05) is 26.0 Å². The van der Waals surface area contributed by atoms with Crippen molar-refractivity contribution in [2.75, 3.05) is 5.32 Å². The Labute approximate surface area is 170 Å². The molecule has 1 amide bonds. The summed E-state index contributed by atoms with van der Waals surface area (Å²) >= 11 is 0. The van der Waals surface area contributed by atoms with E-state index >= 15 is 0 Å². The summed E-state index contributed by atoms with van der Waals surface area (Å²) in [6.45, 7) is 4.13. The molecule has 1 aliphatic heterocycles. The summed E-state index contributed by atoms with van der Waals surface area (Å²) in [5, 5.41) is 13.9. The van der Waals surface area contributed by atoms with Crippen LogP contribution in [0.1, 0.15) is 24.6 Å². The maximum atomic E-state index is 12.9. The van der Waals surface area contributed by atoms with Crippen LogP contribution in [0, 0.1) is 6.92 Å². The summed E-state index contributed by atoms with van der Waals surface area (Å²) in [7, 11) is 0. The third-order valence-corrected chi connectivity index (χ3v) is 4.60. The Bertz CT molecular complexity index is 1070. The summed E-state index contributed by atoms with van der Waals surface area (Å²) in [6, 6.07) is 6.63. The molecular formula is C19H19F2N7O2. The molecule has 0 aliphatic carbocycles. The highest BCUT2D eigenvalue weighted by molar-refractivity contribution is 5.70. The molecule has 3 aromatic rings. The van der Waals surface area contributed by atoms with Gasteiger partial charge in [-0.05, 0) is 43.7 Å². The van der Waals surface area contributed by atoms with E-state index in [2.05, 4.69) is 30.9 Å². The van der Waals surface area contributed by atoms with Gasteiger partial charge in [0, 0.05) is 17.4 Å². The van der Waals surface area contributed by atoms with Crippen LogP contribution >= 0.6 is 0 Å². The van der Waals surface area contributed by atoms with E-state index in [-0.39, 0.29) is 23.8 Å². The number of hydrogen-bond donors (Lipinski definition) is 2. The summed E-state index contributed by atoms with van der Waals surface area (Å²) in [4.78, 5) is 19.1. The second-order valence-corrected chi connectivity index (χ2v) is 7.02. The van der Waals surface area contributed by atoms with E-state index in [9.17, 15) is 13.6 Å². The molecule has 0 saturated carbocycles. The number of amides is 1.